The Balaban J connectivity index is 1.58. The van der Waals surface area contributed by atoms with Crippen molar-refractivity contribution in [3.8, 4) is 0 Å². The van der Waals surface area contributed by atoms with Crippen LogP contribution in [0.1, 0.15) is 49.1 Å². The van der Waals surface area contributed by atoms with Crippen LogP contribution in [0.5, 0.6) is 0 Å². The first-order chi connectivity index (χ1) is 14.8. The summed E-state index contributed by atoms with van der Waals surface area (Å²) in [6.45, 7) is 1.78. The zero-order chi connectivity index (χ0) is 22.0. The maximum atomic E-state index is 13.4. The second-order valence-corrected chi connectivity index (χ2v) is 10.7. The normalized spacial score (nSPS) is 21.7. The third-order valence-corrected chi connectivity index (χ3v) is 7.45. The van der Waals surface area contributed by atoms with Crippen LogP contribution in [0.3, 0.4) is 0 Å². The Morgan fingerprint density at radius 3 is 2.74 bits per heavy atom. The summed E-state index contributed by atoms with van der Waals surface area (Å²) in [5.41, 5.74) is 2.42. The first kappa shape index (κ1) is 21.6. The Bertz CT molecular complexity index is 1090. The maximum absolute atomic E-state index is 13.4. The minimum absolute atomic E-state index is 0.105. The van der Waals surface area contributed by atoms with Gasteiger partial charge in [-0.2, -0.15) is 0 Å². The molecule has 2 N–H and O–H groups in total. The molecule has 3 aliphatic rings. The van der Waals surface area contributed by atoms with Crippen LogP contribution in [0.4, 0.5) is 0 Å². The zero-order valence-corrected chi connectivity index (χ0v) is 18.8. The molecule has 1 fully saturated rings. The summed E-state index contributed by atoms with van der Waals surface area (Å²) in [6.07, 6.45) is 16.4. The zero-order valence-electron chi connectivity index (χ0n) is 18.0. The van der Waals surface area contributed by atoms with Gasteiger partial charge in [0.2, 0.25) is 11.9 Å². The van der Waals surface area contributed by atoms with Crippen LogP contribution >= 0.6 is 0 Å². The topological polar surface area (TPSA) is 87.6 Å². The van der Waals surface area contributed by atoms with Crippen molar-refractivity contribution in [1.29, 1.82) is 0 Å². The van der Waals surface area contributed by atoms with Crippen LogP contribution < -0.4 is 10.6 Å². The smallest absolute Gasteiger partial charge is 0.234 e. The van der Waals surface area contributed by atoms with Crippen molar-refractivity contribution in [2.24, 2.45) is 10.9 Å². The average Bonchev–Trinajstić information content (AvgIpc) is 3.15. The number of nitrogens with one attached hydrogen (secondary N) is 2. The van der Waals surface area contributed by atoms with E-state index < -0.39 is 9.84 Å². The number of nitrogens with zero attached hydrogens (tertiary/aromatic N) is 1. The van der Waals surface area contributed by atoms with Crippen LogP contribution in [-0.4, -0.2) is 32.6 Å². The van der Waals surface area contributed by atoms with E-state index in [9.17, 15) is 13.2 Å². The van der Waals surface area contributed by atoms with Crippen molar-refractivity contribution < 1.29 is 13.2 Å². The second kappa shape index (κ2) is 8.83. The highest BCUT2D eigenvalue weighted by Crippen LogP contribution is 2.35. The second-order valence-electron chi connectivity index (χ2n) is 8.68. The molecule has 164 valence electrons. The number of amides is 1. The van der Waals surface area contributed by atoms with Crippen molar-refractivity contribution in [2.75, 3.05) is 6.26 Å². The third-order valence-electron chi connectivity index (χ3n) is 6.19. The Hall–Kier alpha value is -2.67. The molecular formula is C24H29N3O3S. The number of carbonyl (C=O) groups excluding carboxylic acids is 1. The number of guanidine groups is 1. The first-order valence-corrected chi connectivity index (χ1v) is 12.7. The van der Waals surface area contributed by atoms with Gasteiger partial charge in [0.25, 0.3) is 0 Å². The van der Waals surface area contributed by atoms with Gasteiger partial charge in [0.15, 0.2) is 9.84 Å². The minimum Gasteiger partial charge on any atom is -0.326 e. The van der Waals surface area contributed by atoms with Gasteiger partial charge in [-0.25, -0.2) is 13.4 Å². The molecule has 0 spiro atoms. The lowest BCUT2D eigenvalue weighted by atomic mass is 9.86. The van der Waals surface area contributed by atoms with Gasteiger partial charge in [0.1, 0.15) is 0 Å². The lowest BCUT2D eigenvalue weighted by Crippen LogP contribution is -2.45. The number of hydrogen-bond donors (Lipinski definition) is 2. The quantitative estimate of drug-likeness (QED) is 0.735. The molecule has 1 aromatic rings. The number of fused-ring (bicyclic) bond motifs is 1. The molecule has 2 bridgehead atoms. The molecule has 1 aliphatic heterocycles. The SMILES string of the molecule is Cc1cc(C(CC2CCCC2)C(=O)NC2=NC3C=CC=CC(=C3)N2)ccc1S(C)(=O)=O. The molecule has 6 nitrogen and oxygen atoms in total. The number of hydrogen-bond acceptors (Lipinski definition) is 5. The summed E-state index contributed by atoms with van der Waals surface area (Å²) in [5.74, 6) is 0.480. The number of aryl methyl sites for hydroxylation is 1. The molecule has 0 saturated heterocycles. The van der Waals surface area contributed by atoms with Gasteiger partial charge in [-0.15, -0.1) is 0 Å². The molecule has 1 heterocycles. The fraction of sp³-hybridized carbons (Fsp3) is 0.417. The van der Waals surface area contributed by atoms with Crippen LogP contribution in [0, 0.1) is 12.8 Å². The van der Waals surface area contributed by atoms with Crippen LogP contribution in [0.2, 0.25) is 0 Å². The molecule has 2 aliphatic carbocycles. The predicted octanol–water partition coefficient (Wildman–Crippen LogP) is 3.52. The number of aliphatic imine (C=N–C) groups is 1. The molecule has 2 unspecified atom stereocenters. The predicted molar refractivity (Wildman–Crippen MR) is 122 cm³/mol. The van der Waals surface area contributed by atoms with Crippen molar-refractivity contribution in [2.45, 2.75) is 55.9 Å². The fourth-order valence-corrected chi connectivity index (χ4v) is 5.62. The Morgan fingerprint density at radius 2 is 2.03 bits per heavy atom. The van der Waals surface area contributed by atoms with Crippen LogP contribution in [0.25, 0.3) is 0 Å². The minimum atomic E-state index is -3.30. The van der Waals surface area contributed by atoms with Gasteiger partial charge in [-0.3, -0.25) is 10.1 Å². The Labute approximate surface area is 184 Å². The van der Waals surface area contributed by atoms with Gasteiger partial charge < -0.3 is 5.32 Å². The molecule has 4 rings (SSSR count). The van der Waals surface area contributed by atoms with E-state index in [1.807, 2.05) is 36.4 Å². The average molecular weight is 440 g/mol. The lowest BCUT2D eigenvalue weighted by molar-refractivity contribution is -0.121. The molecule has 2 atom stereocenters. The highest BCUT2D eigenvalue weighted by Gasteiger charge is 2.29. The van der Waals surface area contributed by atoms with E-state index in [2.05, 4.69) is 15.6 Å². The van der Waals surface area contributed by atoms with E-state index in [1.54, 1.807) is 19.1 Å². The monoisotopic (exact) mass is 439 g/mol. The molecule has 7 heteroatoms. The van der Waals surface area contributed by atoms with Gasteiger partial charge in [0, 0.05) is 12.0 Å². The Morgan fingerprint density at radius 1 is 1.26 bits per heavy atom. The van der Waals surface area contributed by atoms with E-state index >= 15 is 0 Å². The summed E-state index contributed by atoms with van der Waals surface area (Å²) in [7, 11) is -3.30. The van der Waals surface area contributed by atoms with Crippen LogP contribution in [-0.2, 0) is 14.6 Å². The highest BCUT2D eigenvalue weighted by molar-refractivity contribution is 7.90. The maximum Gasteiger partial charge on any atom is 0.234 e. The van der Waals surface area contributed by atoms with Gasteiger partial charge >= 0.3 is 0 Å². The molecule has 0 aromatic heterocycles. The third kappa shape index (κ3) is 5.15. The molecule has 0 radical (unpaired) electrons. The molecular weight excluding hydrogens is 410 g/mol. The number of benzene rings is 1. The molecule has 1 saturated carbocycles. The van der Waals surface area contributed by atoms with Crippen molar-refractivity contribution in [3.05, 3.63) is 65.4 Å². The van der Waals surface area contributed by atoms with Crippen molar-refractivity contribution >= 4 is 21.7 Å². The molecule has 31 heavy (non-hydrogen) atoms. The van der Waals surface area contributed by atoms with Gasteiger partial charge in [-0.05, 0) is 48.6 Å². The highest BCUT2D eigenvalue weighted by atomic mass is 32.2. The number of carbonyl (C=O) groups is 1. The number of rotatable bonds is 5. The number of sulfone groups is 1. The van der Waals surface area contributed by atoms with E-state index in [1.165, 1.54) is 19.1 Å². The molecule has 1 amide bonds. The largest absolute Gasteiger partial charge is 0.326 e. The lowest BCUT2D eigenvalue weighted by Gasteiger charge is -2.24. The summed E-state index contributed by atoms with van der Waals surface area (Å²) in [5, 5.41) is 6.15. The van der Waals surface area contributed by atoms with E-state index in [0.717, 1.165) is 30.5 Å². The van der Waals surface area contributed by atoms with E-state index in [0.29, 0.717) is 22.3 Å². The summed E-state index contributed by atoms with van der Waals surface area (Å²) < 4.78 is 24.0. The standard InChI is InChI=1S/C24H29N3O3S/c1-16-13-18(11-12-22(16)31(2,29)30)21(14-17-7-3-4-8-17)23(28)27-24-25-19-9-5-6-10-20(15-19)26-24/h5-6,9-13,15,17,19,21H,3-4,7-8,14H2,1-2H3,(H2,25,26,27,28). The van der Waals surface area contributed by atoms with Gasteiger partial charge in [0.05, 0.1) is 16.9 Å². The Kier molecular flexibility index (Phi) is 6.14. The fourth-order valence-electron chi connectivity index (χ4n) is 4.66. The summed E-state index contributed by atoms with van der Waals surface area (Å²) in [6, 6.07) is 5.15. The molecule has 1 aromatic carbocycles. The summed E-state index contributed by atoms with van der Waals surface area (Å²) in [4.78, 5) is 18.3. The van der Waals surface area contributed by atoms with E-state index in [-0.39, 0.29) is 17.9 Å². The number of allylic oxidation sites excluding steroid dienone is 3. The van der Waals surface area contributed by atoms with Crippen molar-refractivity contribution in [1.82, 2.24) is 10.6 Å². The van der Waals surface area contributed by atoms with Gasteiger partial charge in [-0.1, -0.05) is 56.0 Å². The first-order valence-electron chi connectivity index (χ1n) is 10.8. The summed E-state index contributed by atoms with van der Waals surface area (Å²) >= 11 is 0. The van der Waals surface area contributed by atoms with E-state index in [4.69, 9.17) is 0 Å². The van der Waals surface area contributed by atoms with Crippen LogP contribution in [0.15, 0.2) is 64.2 Å². The van der Waals surface area contributed by atoms with Crippen molar-refractivity contribution in [3.63, 3.8) is 0 Å².